The maximum Gasteiger partial charge on any atom is 0.255 e. The molecule has 5 rings (SSSR count). The van der Waals surface area contributed by atoms with Crippen molar-refractivity contribution in [3.05, 3.63) is 51.2 Å². The van der Waals surface area contributed by atoms with Crippen molar-refractivity contribution in [1.82, 2.24) is 14.9 Å². The van der Waals surface area contributed by atoms with Crippen LogP contribution >= 0.6 is 0 Å². The first-order chi connectivity index (χ1) is 15.1. The molecule has 3 aliphatic rings. The SMILES string of the molecule is COc1cc(F)ccc1CN1CCC2(CCc3c2nc(N2CCOCC2)[nH]c3=O)CC1. The van der Waals surface area contributed by atoms with Crippen LogP contribution in [-0.4, -0.2) is 61.4 Å². The molecule has 8 heteroatoms. The minimum absolute atomic E-state index is 0.0156. The van der Waals surface area contributed by atoms with Crippen LogP contribution in [0, 0.1) is 5.82 Å². The highest BCUT2D eigenvalue weighted by atomic mass is 19.1. The van der Waals surface area contributed by atoms with Crippen molar-refractivity contribution in [1.29, 1.82) is 0 Å². The molecule has 0 atom stereocenters. The van der Waals surface area contributed by atoms with E-state index in [4.69, 9.17) is 14.5 Å². The number of hydrogen-bond donors (Lipinski definition) is 1. The lowest BCUT2D eigenvalue weighted by Gasteiger charge is -2.40. The summed E-state index contributed by atoms with van der Waals surface area (Å²) in [6.45, 7) is 5.39. The molecule has 0 radical (unpaired) electrons. The van der Waals surface area contributed by atoms with Crippen LogP contribution in [0.15, 0.2) is 23.0 Å². The first-order valence-corrected chi connectivity index (χ1v) is 11.1. The van der Waals surface area contributed by atoms with Gasteiger partial charge >= 0.3 is 0 Å². The fraction of sp³-hybridized carbons (Fsp3) is 0.565. The van der Waals surface area contributed by atoms with Crippen molar-refractivity contribution >= 4 is 5.95 Å². The van der Waals surface area contributed by atoms with E-state index >= 15 is 0 Å². The lowest BCUT2D eigenvalue weighted by Crippen LogP contribution is -2.43. The largest absolute Gasteiger partial charge is 0.496 e. The van der Waals surface area contributed by atoms with Crippen molar-refractivity contribution in [3.8, 4) is 5.75 Å². The number of aromatic amines is 1. The maximum absolute atomic E-state index is 13.5. The number of nitrogens with zero attached hydrogens (tertiary/aromatic N) is 3. The van der Waals surface area contributed by atoms with Crippen molar-refractivity contribution in [2.24, 2.45) is 0 Å². The predicted octanol–water partition coefficient (Wildman–Crippen LogP) is 2.23. The Kier molecular flexibility index (Phi) is 5.44. The van der Waals surface area contributed by atoms with E-state index in [2.05, 4.69) is 14.8 Å². The number of anilines is 1. The van der Waals surface area contributed by atoms with E-state index in [1.54, 1.807) is 13.2 Å². The van der Waals surface area contributed by atoms with E-state index in [1.807, 2.05) is 0 Å². The van der Waals surface area contributed by atoms with Crippen LogP contribution in [0.3, 0.4) is 0 Å². The van der Waals surface area contributed by atoms with Gasteiger partial charge in [0.2, 0.25) is 5.95 Å². The van der Waals surface area contributed by atoms with Crippen molar-refractivity contribution in [3.63, 3.8) is 0 Å². The summed E-state index contributed by atoms with van der Waals surface area (Å²) in [5.41, 5.74) is 2.87. The van der Waals surface area contributed by atoms with Gasteiger partial charge in [0, 0.05) is 42.2 Å². The number of methoxy groups -OCH3 is 1. The molecule has 2 aromatic rings. The van der Waals surface area contributed by atoms with Crippen LogP contribution in [0.1, 0.15) is 36.1 Å². The molecule has 0 saturated carbocycles. The molecule has 1 spiro atoms. The standard InChI is InChI=1S/C23H29FN4O3/c1-30-19-14-17(24)3-2-16(19)15-27-8-6-23(7-9-27)5-4-18-20(23)25-22(26-21(18)29)28-10-12-31-13-11-28/h2-3,14H,4-13,15H2,1H3,(H,25,26,29). The molecule has 1 aromatic carbocycles. The van der Waals surface area contributed by atoms with Crippen LogP contribution in [0.25, 0.3) is 0 Å². The number of morpholine rings is 1. The molecule has 2 aliphatic heterocycles. The molecule has 2 saturated heterocycles. The van der Waals surface area contributed by atoms with E-state index in [9.17, 15) is 9.18 Å². The number of benzene rings is 1. The smallest absolute Gasteiger partial charge is 0.255 e. The zero-order chi connectivity index (χ0) is 21.4. The Morgan fingerprint density at radius 1 is 1.19 bits per heavy atom. The monoisotopic (exact) mass is 428 g/mol. The first kappa shape index (κ1) is 20.5. The Bertz CT molecular complexity index is 1010. The third kappa shape index (κ3) is 3.83. The molecule has 166 valence electrons. The summed E-state index contributed by atoms with van der Waals surface area (Å²) in [7, 11) is 1.58. The lowest BCUT2D eigenvalue weighted by atomic mass is 9.76. The molecule has 3 heterocycles. The molecule has 2 fully saturated rings. The average molecular weight is 429 g/mol. The molecular formula is C23H29FN4O3. The highest BCUT2D eigenvalue weighted by Crippen LogP contribution is 2.45. The number of hydrogen-bond acceptors (Lipinski definition) is 6. The summed E-state index contributed by atoms with van der Waals surface area (Å²) in [5.74, 6) is 0.995. The van der Waals surface area contributed by atoms with E-state index in [0.29, 0.717) is 24.9 Å². The zero-order valence-corrected chi connectivity index (χ0v) is 18.0. The van der Waals surface area contributed by atoms with Gasteiger partial charge in [-0.1, -0.05) is 6.07 Å². The van der Waals surface area contributed by atoms with Crippen LogP contribution < -0.4 is 15.2 Å². The second-order valence-corrected chi connectivity index (χ2v) is 8.83. The van der Waals surface area contributed by atoms with Crippen LogP contribution in [-0.2, 0) is 23.1 Å². The van der Waals surface area contributed by atoms with Crippen molar-refractivity contribution in [2.75, 3.05) is 51.4 Å². The summed E-state index contributed by atoms with van der Waals surface area (Å²) < 4.78 is 24.3. The van der Waals surface area contributed by atoms with Gasteiger partial charge in [0.25, 0.3) is 5.56 Å². The Labute approximate surface area is 181 Å². The van der Waals surface area contributed by atoms with Gasteiger partial charge in [-0.05, 0) is 44.8 Å². The number of aromatic nitrogens is 2. The number of fused-ring (bicyclic) bond motifs is 2. The normalized spacial score (nSPS) is 20.8. The van der Waals surface area contributed by atoms with E-state index < -0.39 is 0 Å². The molecular weight excluding hydrogens is 399 g/mol. The molecule has 0 amide bonds. The molecule has 1 aliphatic carbocycles. The first-order valence-electron chi connectivity index (χ1n) is 11.1. The fourth-order valence-corrected chi connectivity index (χ4v) is 5.28. The van der Waals surface area contributed by atoms with Gasteiger partial charge in [-0.15, -0.1) is 0 Å². The molecule has 7 nitrogen and oxygen atoms in total. The van der Waals surface area contributed by atoms with Crippen molar-refractivity contribution < 1.29 is 13.9 Å². The van der Waals surface area contributed by atoms with Gasteiger partial charge in [-0.25, -0.2) is 9.37 Å². The Hall–Kier alpha value is -2.45. The highest BCUT2D eigenvalue weighted by Gasteiger charge is 2.44. The second-order valence-electron chi connectivity index (χ2n) is 8.83. The van der Waals surface area contributed by atoms with Crippen molar-refractivity contribution in [2.45, 2.75) is 37.6 Å². The number of likely N-dealkylation sites (tertiary alicyclic amines) is 1. The summed E-state index contributed by atoms with van der Waals surface area (Å²) in [4.78, 5) is 25.3. The van der Waals surface area contributed by atoms with Crippen LogP contribution in [0.2, 0.25) is 0 Å². The van der Waals surface area contributed by atoms with Crippen LogP contribution in [0.5, 0.6) is 5.75 Å². The van der Waals surface area contributed by atoms with Crippen LogP contribution in [0.4, 0.5) is 10.3 Å². The molecule has 31 heavy (non-hydrogen) atoms. The molecule has 1 N–H and O–H groups in total. The topological polar surface area (TPSA) is 70.7 Å². The number of nitrogens with one attached hydrogen (secondary N) is 1. The third-order valence-electron chi connectivity index (χ3n) is 7.13. The lowest BCUT2D eigenvalue weighted by molar-refractivity contribution is 0.122. The summed E-state index contributed by atoms with van der Waals surface area (Å²) >= 11 is 0. The minimum Gasteiger partial charge on any atom is -0.496 e. The number of ether oxygens (including phenoxy) is 2. The summed E-state index contributed by atoms with van der Waals surface area (Å²) in [6.07, 6.45) is 3.73. The number of rotatable bonds is 4. The van der Waals surface area contributed by atoms with E-state index in [0.717, 1.165) is 75.2 Å². The van der Waals surface area contributed by atoms with E-state index in [-0.39, 0.29) is 16.8 Å². The minimum atomic E-state index is -0.284. The Balaban J connectivity index is 1.34. The molecule has 0 bridgehead atoms. The third-order valence-corrected chi connectivity index (χ3v) is 7.13. The molecule has 1 aromatic heterocycles. The Morgan fingerprint density at radius 2 is 1.97 bits per heavy atom. The highest BCUT2D eigenvalue weighted by molar-refractivity contribution is 5.40. The van der Waals surface area contributed by atoms with Gasteiger partial charge in [-0.2, -0.15) is 0 Å². The summed E-state index contributed by atoms with van der Waals surface area (Å²) in [5, 5.41) is 0. The van der Waals surface area contributed by atoms with E-state index in [1.165, 1.54) is 12.1 Å². The number of halogens is 1. The van der Waals surface area contributed by atoms with Gasteiger partial charge in [0.05, 0.1) is 26.0 Å². The Morgan fingerprint density at radius 3 is 2.71 bits per heavy atom. The summed E-state index contributed by atoms with van der Waals surface area (Å²) in [6, 6.07) is 4.73. The van der Waals surface area contributed by atoms with Gasteiger partial charge < -0.3 is 14.4 Å². The molecule has 0 unspecified atom stereocenters. The number of H-pyrrole nitrogens is 1. The second kappa shape index (κ2) is 8.24. The number of piperidine rings is 1. The maximum atomic E-state index is 13.5. The fourth-order valence-electron chi connectivity index (χ4n) is 5.28. The zero-order valence-electron chi connectivity index (χ0n) is 18.0. The average Bonchev–Trinajstić information content (AvgIpc) is 3.15. The predicted molar refractivity (Wildman–Crippen MR) is 115 cm³/mol. The van der Waals surface area contributed by atoms with Gasteiger partial charge in [0.1, 0.15) is 11.6 Å². The quantitative estimate of drug-likeness (QED) is 0.806. The van der Waals surface area contributed by atoms with Gasteiger partial charge in [-0.3, -0.25) is 14.7 Å². The van der Waals surface area contributed by atoms with Gasteiger partial charge in [0.15, 0.2) is 0 Å².